The highest BCUT2D eigenvalue weighted by Gasteiger charge is 2.45. The summed E-state index contributed by atoms with van der Waals surface area (Å²) < 4.78 is 46.0. The summed E-state index contributed by atoms with van der Waals surface area (Å²) in [6.45, 7) is -0.823. The van der Waals surface area contributed by atoms with Crippen molar-refractivity contribution in [1.29, 1.82) is 0 Å². The molecular weight excluding hydrogens is 465 g/mol. The molecule has 0 bridgehead atoms. The maximum atomic E-state index is 11.8. The summed E-state index contributed by atoms with van der Waals surface area (Å²) in [4.78, 5) is 60.3. The van der Waals surface area contributed by atoms with E-state index < -0.39 is 65.5 Å². The Balaban J connectivity index is 2.06. The third-order valence-corrected chi connectivity index (χ3v) is 7.65. The second kappa shape index (κ2) is 8.63. The molecule has 1 heterocycles. The molecule has 29 heavy (non-hydrogen) atoms. The average Bonchev–Trinajstić information content (AvgIpc) is 2.78. The lowest BCUT2D eigenvalue weighted by molar-refractivity contribution is -0.00457. The van der Waals surface area contributed by atoms with E-state index in [1.165, 1.54) is 0 Å². The molecule has 0 aromatic carbocycles. The van der Waals surface area contributed by atoms with Gasteiger partial charge in [-0.3, -0.25) is 18.9 Å². The van der Waals surface area contributed by atoms with E-state index in [-0.39, 0.29) is 6.42 Å². The quantitative estimate of drug-likeness (QED) is 0.201. The Morgan fingerprint density at radius 2 is 1.66 bits per heavy atom. The maximum absolute atomic E-state index is 11.8. The van der Waals surface area contributed by atoms with E-state index in [4.69, 9.17) is 14.7 Å². The molecule has 6 unspecified atom stereocenters. The Labute approximate surface area is 160 Å². The van der Waals surface area contributed by atoms with Crippen molar-refractivity contribution in [2.75, 3.05) is 6.61 Å². The lowest BCUT2D eigenvalue weighted by Crippen LogP contribution is -2.37. The summed E-state index contributed by atoms with van der Waals surface area (Å²) in [7, 11) is -16.6. The van der Waals surface area contributed by atoms with E-state index in [1.54, 1.807) is 0 Å². The normalized spacial score (nSPS) is 29.3. The van der Waals surface area contributed by atoms with Crippen molar-refractivity contribution in [2.24, 2.45) is 5.92 Å². The van der Waals surface area contributed by atoms with Crippen molar-refractivity contribution in [3.8, 4) is 0 Å². The minimum atomic E-state index is -5.69. The fourth-order valence-corrected chi connectivity index (χ4v) is 5.80. The lowest BCUT2D eigenvalue weighted by atomic mass is 10.1. The van der Waals surface area contributed by atoms with Crippen LogP contribution in [0.5, 0.6) is 0 Å². The number of phosphoric acid groups is 3. The van der Waals surface area contributed by atoms with Crippen LogP contribution >= 0.6 is 23.5 Å². The monoisotopic (exact) mass is 482 g/mol. The molecule has 0 spiro atoms. The number of phosphoric ester groups is 1. The molecular formula is C10H17N2O14P3. The fraction of sp³-hybridized carbons (Fsp3) is 0.600. The van der Waals surface area contributed by atoms with Gasteiger partial charge < -0.3 is 29.8 Å². The van der Waals surface area contributed by atoms with Crippen LogP contribution in [-0.2, 0) is 26.8 Å². The number of rotatable bonds is 8. The minimum Gasteiger partial charge on any atom is -0.390 e. The number of aliphatic hydroxyl groups is 2. The van der Waals surface area contributed by atoms with E-state index in [9.17, 15) is 38.4 Å². The molecule has 19 heteroatoms. The number of H-pyrrole nitrogens is 1. The van der Waals surface area contributed by atoms with Gasteiger partial charge in [0, 0.05) is 18.2 Å². The van der Waals surface area contributed by atoms with Gasteiger partial charge in [-0.1, -0.05) is 0 Å². The Morgan fingerprint density at radius 3 is 2.21 bits per heavy atom. The summed E-state index contributed by atoms with van der Waals surface area (Å²) in [6.07, 6.45) is -2.20. The number of hydrogen-bond donors (Lipinski definition) is 7. The molecule has 1 aromatic rings. The summed E-state index contributed by atoms with van der Waals surface area (Å²) in [6, 6.07) is -0.0382. The second-order valence-electron chi connectivity index (χ2n) is 5.95. The summed E-state index contributed by atoms with van der Waals surface area (Å²) in [5.41, 5.74) is -1.56. The molecule has 7 N–H and O–H groups in total. The zero-order chi connectivity index (χ0) is 22.2. The zero-order valence-electron chi connectivity index (χ0n) is 14.1. The van der Waals surface area contributed by atoms with Crippen molar-refractivity contribution in [3.63, 3.8) is 0 Å². The summed E-state index contributed by atoms with van der Waals surface area (Å²) in [5, 5.41) is 20.2. The van der Waals surface area contributed by atoms with Gasteiger partial charge in [0.2, 0.25) is 0 Å². The molecule has 1 aliphatic rings. The highest BCUT2D eigenvalue weighted by molar-refractivity contribution is 7.66. The van der Waals surface area contributed by atoms with Gasteiger partial charge in [0.1, 0.15) is 6.10 Å². The Hall–Kier alpha value is -0.990. The van der Waals surface area contributed by atoms with Crippen LogP contribution in [-0.4, -0.2) is 58.2 Å². The number of aromatic nitrogens is 2. The molecule has 16 nitrogen and oxygen atoms in total. The van der Waals surface area contributed by atoms with Gasteiger partial charge in [-0.05, 0) is 6.42 Å². The highest BCUT2D eigenvalue weighted by atomic mass is 31.3. The van der Waals surface area contributed by atoms with Crippen LogP contribution in [0.1, 0.15) is 12.5 Å². The first-order chi connectivity index (χ1) is 13.1. The topological polar surface area (TPSA) is 255 Å². The molecule has 166 valence electrons. The van der Waals surface area contributed by atoms with Crippen LogP contribution < -0.4 is 11.2 Å². The zero-order valence-corrected chi connectivity index (χ0v) is 16.8. The Bertz CT molecular complexity index is 998. The standard InChI is InChI=1S/C10H17N2O14P3/c13-7-1-2-12(10(16)11-7)6-3-5(8(14)9(6)15)4-24-28(20,21)26-29(22,23)25-27(17,18)19/h1-2,5-6,8-9,14-15H,3-4H2,(H,20,21)(H,22,23)(H,11,13,16)(H2,17,18,19). The van der Waals surface area contributed by atoms with Crippen molar-refractivity contribution in [3.05, 3.63) is 33.1 Å². The Morgan fingerprint density at radius 1 is 1.03 bits per heavy atom. The second-order valence-corrected chi connectivity index (χ2v) is 10.4. The Kier molecular flexibility index (Phi) is 7.23. The molecule has 0 radical (unpaired) electrons. The largest absolute Gasteiger partial charge is 0.490 e. The van der Waals surface area contributed by atoms with Gasteiger partial charge in [-0.25, -0.2) is 18.5 Å². The predicted octanol–water partition coefficient (Wildman–Crippen LogP) is -1.84. The molecule has 0 amide bonds. The van der Waals surface area contributed by atoms with Gasteiger partial charge in [0.15, 0.2) is 0 Å². The van der Waals surface area contributed by atoms with E-state index >= 15 is 0 Å². The average molecular weight is 482 g/mol. The molecule has 0 aliphatic heterocycles. The van der Waals surface area contributed by atoms with Crippen LogP contribution in [0.4, 0.5) is 0 Å². The number of aromatic amines is 1. The number of aliphatic hydroxyl groups excluding tert-OH is 2. The number of nitrogens with zero attached hydrogens (tertiary/aromatic N) is 1. The predicted molar refractivity (Wildman–Crippen MR) is 90.3 cm³/mol. The molecule has 1 aliphatic carbocycles. The van der Waals surface area contributed by atoms with Crippen molar-refractivity contribution in [1.82, 2.24) is 9.55 Å². The summed E-state index contributed by atoms with van der Waals surface area (Å²) >= 11 is 0. The van der Waals surface area contributed by atoms with Crippen molar-refractivity contribution >= 4 is 23.5 Å². The molecule has 2 rings (SSSR count). The first kappa shape index (κ1) is 24.3. The van der Waals surface area contributed by atoms with Gasteiger partial charge in [-0.2, -0.15) is 8.62 Å². The molecule has 1 fully saturated rings. The van der Waals surface area contributed by atoms with Crippen LogP contribution in [0.3, 0.4) is 0 Å². The molecule has 6 atom stereocenters. The minimum absolute atomic E-state index is 0.177. The van der Waals surface area contributed by atoms with Gasteiger partial charge in [0.05, 0.1) is 18.8 Å². The lowest BCUT2D eigenvalue weighted by Gasteiger charge is -2.19. The fourth-order valence-electron chi connectivity index (χ4n) is 2.72. The third-order valence-electron chi connectivity index (χ3n) is 3.85. The van der Waals surface area contributed by atoms with E-state index in [0.717, 1.165) is 16.8 Å². The highest BCUT2D eigenvalue weighted by Crippen LogP contribution is 2.66. The van der Waals surface area contributed by atoms with E-state index in [2.05, 4.69) is 13.1 Å². The number of hydrogen-bond acceptors (Lipinski definition) is 10. The third kappa shape index (κ3) is 6.76. The van der Waals surface area contributed by atoms with E-state index in [0.29, 0.717) is 0 Å². The number of nitrogens with one attached hydrogen (secondary N) is 1. The van der Waals surface area contributed by atoms with Gasteiger partial charge >= 0.3 is 29.2 Å². The van der Waals surface area contributed by atoms with Crippen LogP contribution in [0, 0.1) is 5.92 Å². The van der Waals surface area contributed by atoms with E-state index in [1.807, 2.05) is 4.98 Å². The van der Waals surface area contributed by atoms with Gasteiger partial charge in [-0.15, -0.1) is 0 Å². The molecule has 0 saturated heterocycles. The molecule has 1 saturated carbocycles. The van der Waals surface area contributed by atoms with Crippen molar-refractivity contribution in [2.45, 2.75) is 24.7 Å². The summed E-state index contributed by atoms with van der Waals surface area (Å²) in [5.74, 6) is -1.07. The first-order valence-electron chi connectivity index (χ1n) is 7.56. The first-order valence-corrected chi connectivity index (χ1v) is 12.1. The van der Waals surface area contributed by atoms with Crippen LogP contribution in [0.15, 0.2) is 21.9 Å². The van der Waals surface area contributed by atoms with Crippen LogP contribution in [0.2, 0.25) is 0 Å². The van der Waals surface area contributed by atoms with Crippen molar-refractivity contribution < 1.29 is 56.6 Å². The smallest absolute Gasteiger partial charge is 0.390 e. The SMILES string of the molecule is O=c1ccn(C2CC(COP(=O)(O)OP(=O)(O)OP(=O)(O)O)C(O)C2O)c(=O)[nH]1. The van der Waals surface area contributed by atoms with Crippen LogP contribution in [0.25, 0.3) is 0 Å². The van der Waals surface area contributed by atoms with Gasteiger partial charge in [0.25, 0.3) is 5.56 Å². The maximum Gasteiger partial charge on any atom is 0.490 e. The molecule has 1 aromatic heterocycles.